The second-order valence-corrected chi connectivity index (χ2v) is 3.10. The fourth-order valence-electron chi connectivity index (χ4n) is 0.741. The van der Waals surface area contributed by atoms with Gasteiger partial charge in [0.2, 0.25) is 0 Å². The van der Waals surface area contributed by atoms with Crippen molar-refractivity contribution in [3.63, 3.8) is 0 Å². The van der Waals surface area contributed by atoms with Crippen LogP contribution in [0.5, 0.6) is 0 Å². The van der Waals surface area contributed by atoms with E-state index in [2.05, 4.69) is 21.7 Å². The lowest BCUT2D eigenvalue weighted by molar-refractivity contribution is -0.140. The maximum atomic E-state index is 12.1. The van der Waals surface area contributed by atoms with Gasteiger partial charge in [0.1, 0.15) is 0 Å². The summed E-state index contributed by atoms with van der Waals surface area (Å²) in [4.78, 5) is 10.4. The molecule has 76 valence electrons. The Kier molecular flexibility index (Phi) is 3.00. The van der Waals surface area contributed by atoms with E-state index < -0.39 is 11.9 Å². The first kappa shape index (κ1) is 10.8. The van der Waals surface area contributed by atoms with E-state index in [9.17, 15) is 13.2 Å². The first-order valence-corrected chi connectivity index (χ1v) is 4.33. The quantitative estimate of drug-likeness (QED) is 0.529. The Labute approximate surface area is 82.0 Å². The number of nitrogens with zero attached hydrogens (tertiary/aromatic N) is 3. The molecule has 1 aromatic heterocycles. The molecule has 3 nitrogen and oxygen atoms in total. The van der Waals surface area contributed by atoms with Gasteiger partial charge in [0.15, 0.2) is 16.5 Å². The fourth-order valence-corrected chi connectivity index (χ4v) is 1.56. The lowest BCUT2D eigenvalue weighted by Crippen LogP contribution is -2.06. The van der Waals surface area contributed by atoms with Crippen molar-refractivity contribution in [1.82, 2.24) is 4.98 Å². The number of amidine groups is 1. The van der Waals surface area contributed by atoms with Crippen LogP contribution in [0.1, 0.15) is 10.7 Å². The summed E-state index contributed by atoms with van der Waals surface area (Å²) in [5, 5.41) is 1.04. The van der Waals surface area contributed by atoms with Gasteiger partial charge in [-0.25, -0.2) is 9.98 Å². The molecule has 1 aromatic rings. The molecular weight excluding hydrogens is 215 g/mol. The Morgan fingerprint density at radius 3 is 2.57 bits per heavy atom. The molecule has 0 saturated heterocycles. The standard InChI is InChI=1S/C7H6F3N3S/c1-11-5(12-2)6-13-4(3-14-6)7(8,9)10/h3H,1H2,2H3/b12-5-. The summed E-state index contributed by atoms with van der Waals surface area (Å²) in [5.74, 6) is 0.116. The van der Waals surface area contributed by atoms with Crippen LogP contribution < -0.4 is 0 Å². The minimum atomic E-state index is -4.42. The smallest absolute Gasteiger partial charge is 0.268 e. The van der Waals surface area contributed by atoms with Crippen LogP contribution in [-0.4, -0.2) is 24.6 Å². The molecule has 14 heavy (non-hydrogen) atoms. The molecule has 0 amide bonds. The van der Waals surface area contributed by atoms with Crippen LogP contribution >= 0.6 is 11.3 Å². The average molecular weight is 221 g/mol. The van der Waals surface area contributed by atoms with Crippen molar-refractivity contribution in [2.45, 2.75) is 6.18 Å². The van der Waals surface area contributed by atoms with Gasteiger partial charge in [0.05, 0.1) is 0 Å². The zero-order chi connectivity index (χ0) is 10.8. The minimum absolute atomic E-state index is 0.116. The van der Waals surface area contributed by atoms with Gasteiger partial charge in [-0.05, 0) is 6.72 Å². The molecule has 0 radical (unpaired) electrons. The van der Waals surface area contributed by atoms with Crippen molar-refractivity contribution < 1.29 is 13.2 Å². The van der Waals surface area contributed by atoms with E-state index in [0.29, 0.717) is 0 Å². The summed E-state index contributed by atoms with van der Waals surface area (Å²) in [7, 11) is 1.42. The first-order valence-electron chi connectivity index (χ1n) is 3.45. The number of aromatic nitrogens is 1. The zero-order valence-electron chi connectivity index (χ0n) is 7.17. The topological polar surface area (TPSA) is 37.6 Å². The van der Waals surface area contributed by atoms with Gasteiger partial charge in [-0.3, -0.25) is 4.99 Å². The molecule has 0 aliphatic rings. The van der Waals surface area contributed by atoms with Gasteiger partial charge in [0, 0.05) is 12.4 Å². The van der Waals surface area contributed by atoms with Crippen molar-refractivity contribution in [3.8, 4) is 0 Å². The SMILES string of the molecule is C=N/C(=N\C)c1nc(C(F)(F)F)cs1. The first-order chi connectivity index (χ1) is 6.49. The van der Waals surface area contributed by atoms with Gasteiger partial charge in [0.25, 0.3) is 0 Å². The molecule has 0 spiro atoms. The number of alkyl halides is 3. The van der Waals surface area contributed by atoms with E-state index in [1.165, 1.54) is 7.05 Å². The fraction of sp³-hybridized carbons (Fsp3) is 0.286. The van der Waals surface area contributed by atoms with E-state index >= 15 is 0 Å². The molecule has 0 unspecified atom stereocenters. The third kappa shape index (κ3) is 2.16. The van der Waals surface area contributed by atoms with Crippen LogP contribution in [0.4, 0.5) is 13.2 Å². The Bertz CT molecular complexity index is 367. The van der Waals surface area contributed by atoms with Crippen molar-refractivity contribution in [1.29, 1.82) is 0 Å². The molecule has 0 atom stereocenters. The molecule has 0 aliphatic heterocycles. The summed E-state index contributed by atoms with van der Waals surface area (Å²) in [6.07, 6.45) is -4.42. The molecule has 7 heteroatoms. The lowest BCUT2D eigenvalue weighted by atomic mass is 10.5. The molecule has 0 N–H and O–H groups in total. The normalized spacial score (nSPS) is 13.0. The van der Waals surface area contributed by atoms with E-state index in [1.54, 1.807) is 0 Å². The van der Waals surface area contributed by atoms with Crippen LogP contribution in [0, 0.1) is 0 Å². The number of hydrogen-bond donors (Lipinski definition) is 0. The highest BCUT2D eigenvalue weighted by Crippen LogP contribution is 2.30. The summed E-state index contributed by atoms with van der Waals surface area (Å²) in [5.41, 5.74) is -0.928. The summed E-state index contributed by atoms with van der Waals surface area (Å²) in [6.45, 7) is 3.18. The third-order valence-corrected chi connectivity index (χ3v) is 2.19. The predicted octanol–water partition coefficient (Wildman–Crippen LogP) is 2.24. The zero-order valence-corrected chi connectivity index (χ0v) is 7.98. The number of halogens is 3. The highest BCUT2D eigenvalue weighted by atomic mass is 32.1. The maximum absolute atomic E-state index is 12.1. The van der Waals surface area contributed by atoms with E-state index in [-0.39, 0.29) is 10.8 Å². The second-order valence-electron chi connectivity index (χ2n) is 2.24. The molecule has 0 saturated carbocycles. The molecule has 0 aromatic carbocycles. The Hall–Kier alpha value is -1.24. The molecule has 0 fully saturated rings. The minimum Gasteiger partial charge on any atom is -0.268 e. The molecule has 1 rings (SSSR count). The predicted molar refractivity (Wildman–Crippen MR) is 49.1 cm³/mol. The van der Waals surface area contributed by atoms with Gasteiger partial charge in [-0.1, -0.05) is 0 Å². The lowest BCUT2D eigenvalue weighted by Gasteiger charge is -1.99. The molecule has 1 heterocycles. The van der Waals surface area contributed by atoms with E-state index in [0.717, 1.165) is 16.7 Å². The summed E-state index contributed by atoms with van der Waals surface area (Å²) in [6, 6.07) is 0. The Morgan fingerprint density at radius 1 is 1.57 bits per heavy atom. The summed E-state index contributed by atoms with van der Waals surface area (Å²) < 4.78 is 36.4. The van der Waals surface area contributed by atoms with Gasteiger partial charge in [-0.15, -0.1) is 11.3 Å². The van der Waals surface area contributed by atoms with E-state index in [4.69, 9.17) is 0 Å². The highest BCUT2D eigenvalue weighted by Gasteiger charge is 2.34. The van der Waals surface area contributed by atoms with Crippen molar-refractivity contribution in [2.24, 2.45) is 9.98 Å². The van der Waals surface area contributed by atoms with Crippen molar-refractivity contribution in [3.05, 3.63) is 16.1 Å². The van der Waals surface area contributed by atoms with Crippen LogP contribution in [0.2, 0.25) is 0 Å². The Balaban J connectivity index is 3.05. The number of hydrogen-bond acceptors (Lipinski definition) is 3. The molecule has 0 bridgehead atoms. The maximum Gasteiger partial charge on any atom is 0.434 e. The van der Waals surface area contributed by atoms with Crippen LogP contribution in [0.25, 0.3) is 0 Å². The Morgan fingerprint density at radius 2 is 2.21 bits per heavy atom. The van der Waals surface area contributed by atoms with Crippen LogP contribution in [-0.2, 0) is 6.18 Å². The molecular formula is C7H6F3N3S. The number of rotatable bonds is 1. The van der Waals surface area contributed by atoms with Crippen LogP contribution in [0.3, 0.4) is 0 Å². The van der Waals surface area contributed by atoms with Gasteiger partial charge < -0.3 is 0 Å². The van der Waals surface area contributed by atoms with Crippen molar-refractivity contribution >= 4 is 23.9 Å². The molecule has 0 aliphatic carbocycles. The third-order valence-electron chi connectivity index (χ3n) is 1.35. The summed E-state index contributed by atoms with van der Waals surface area (Å²) >= 11 is 0.838. The largest absolute Gasteiger partial charge is 0.434 e. The second kappa shape index (κ2) is 3.87. The van der Waals surface area contributed by atoms with Gasteiger partial charge >= 0.3 is 6.18 Å². The monoisotopic (exact) mass is 221 g/mol. The average Bonchev–Trinajstić information content (AvgIpc) is 2.54. The van der Waals surface area contributed by atoms with Crippen molar-refractivity contribution in [2.75, 3.05) is 7.05 Å². The number of thiazole rings is 1. The van der Waals surface area contributed by atoms with Gasteiger partial charge in [-0.2, -0.15) is 13.2 Å². The van der Waals surface area contributed by atoms with Crippen LogP contribution in [0.15, 0.2) is 15.4 Å². The number of aliphatic imine (C=N–C) groups is 2. The van der Waals surface area contributed by atoms with E-state index in [1.807, 2.05) is 0 Å². The highest BCUT2D eigenvalue weighted by molar-refractivity contribution is 7.11.